The molecule has 1 atom stereocenters. The summed E-state index contributed by atoms with van der Waals surface area (Å²) in [4.78, 5) is 23.9. The van der Waals surface area contributed by atoms with Crippen molar-refractivity contribution in [3.63, 3.8) is 0 Å². The van der Waals surface area contributed by atoms with Gasteiger partial charge >= 0.3 is 0 Å². The van der Waals surface area contributed by atoms with E-state index in [-0.39, 0.29) is 17.2 Å². The Morgan fingerprint density at radius 3 is 2.24 bits per heavy atom. The number of rotatable bonds is 4. The molecular weight excluding hydrogens is 266 g/mol. The summed E-state index contributed by atoms with van der Waals surface area (Å²) in [5.74, 6) is -0.292. The molecule has 0 saturated heterocycles. The Labute approximate surface area is 125 Å². The minimum Gasteiger partial charge on any atom is -0.349 e. The van der Waals surface area contributed by atoms with Crippen molar-refractivity contribution in [3.05, 3.63) is 29.8 Å². The minimum atomic E-state index is -0.588. The summed E-state index contributed by atoms with van der Waals surface area (Å²) in [6, 6.07) is 6.59. The first-order chi connectivity index (χ1) is 9.77. The number of amides is 2. The molecule has 0 heterocycles. The van der Waals surface area contributed by atoms with Gasteiger partial charge in [0.05, 0.1) is 6.04 Å². The van der Waals surface area contributed by atoms with E-state index in [9.17, 15) is 9.59 Å². The van der Waals surface area contributed by atoms with Crippen LogP contribution in [0, 0.1) is 5.41 Å². The van der Waals surface area contributed by atoms with Crippen LogP contribution in [0.1, 0.15) is 44.0 Å². The Kier molecular flexibility index (Phi) is 4.32. The Morgan fingerprint density at radius 2 is 1.76 bits per heavy atom. The van der Waals surface area contributed by atoms with Crippen LogP contribution in [0.4, 0.5) is 5.69 Å². The van der Waals surface area contributed by atoms with Crippen molar-refractivity contribution in [2.45, 2.75) is 45.7 Å². The number of hydrogen-bond acceptors (Lipinski definition) is 3. The van der Waals surface area contributed by atoms with Gasteiger partial charge in [-0.3, -0.25) is 9.59 Å². The van der Waals surface area contributed by atoms with E-state index in [0.29, 0.717) is 17.3 Å². The van der Waals surface area contributed by atoms with Crippen molar-refractivity contribution in [1.82, 2.24) is 5.32 Å². The van der Waals surface area contributed by atoms with Gasteiger partial charge in [0, 0.05) is 17.3 Å². The summed E-state index contributed by atoms with van der Waals surface area (Å²) >= 11 is 0. The number of hydrogen-bond donors (Lipinski definition) is 3. The summed E-state index contributed by atoms with van der Waals surface area (Å²) in [5.41, 5.74) is 6.85. The standard InChI is InChI=1S/C16H23N3O2/c1-16(2,3)13(17)15(21)19-11-6-4-10(5-7-11)14(20)18-12-8-9-12/h4-7,12-13H,8-9,17H2,1-3H3,(H,18,20)(H,19,21). The molecule has 0 radical (unpaired) electrons. The minimum absolute atomic E-state index is 0.0678. The Hall–Kier alpha value is -1.88. The van der Waals surface area contributed by atoms with E-state index in [0.717, 1.165) is 12.8 Å². The molecule has 1 fully saturated rings. The third kappa shape index (κ3) is 4.29. The first kappa shape index (κ1) is 15.5. The molecule has 1 unspecified atom stereocenters. The third-order valence-corrected chi connectivity index (χ3v) is 3.54. The lowest BCUT2D eigenvalue weighted by Crippen LogP contribution is -2.45. The van der Waals surface area contributed by atoms with E-state index in [2.05, 4.69) is 10.6 Å². The fraction of sp³-hybridized carbons (Fsp3) is 0.500. The normalized spacial score (nSPS) is 16.2. The van der Waals surface area contributed by atoms with Crippen LogP contribution in [0.2, 0.25) is 0 Å². The van der Waals surface area contributed by atoms with Crippen molar-refractivity contribution in [2.24, 2.45) is 11.1 Å². The van der Waals surface area contributed by atoms with E-state index in [1.807, 2.05) is 20.8 Å². The average Bonchev–Trinajstić information content (AvgIpc) is 3.21. The molecule has 0 aliphatic heterocycles. The lowest BCUT2D eigenvalue weighted by Gasteiger charge is -2.25. The maximum absolute atomic E-state index is 12.0. The molecule has 4 N–H and O–H groups in total. The van der Waals surface area contributed by atoms with E-state index in [1.54, 1.807) is 24.3 Å². The molecule has 0 spiro atoms. The summed E-state index contributed by atoms with van der Waals surface area (Å²) in [6.45, 7) is 5.76. The zero-order chi connectivity index (χ0) is 15.6. The summed E-state index contributed by atoms with van der Waals surface area (Å²) in [6.07, 6.45) is 2.12. The number of nitrogens with one attached hydrogen (secondary N) is 2. The van der Waals surface area contributed by atoms with E-state index >= 15 is 0 Å². The predicted molar refractivity (Wildman–Crippen MR) is 83.0 cm³/mol. The van der Waals surface area contributed by atoms with Gasteiger partial charge in [-0.2, -0.15) is 0 Å². The van der Waals surface area contributed by atoms with Gasteiger partial charge in [0.1, 0.15) is 0 Å². The smallest absolute Gasteiger partial charge is 0.251 e. The molecule has 2 rings (SSSR count). The van der Waals surface area contributed by atoms with Crippen LogP contribution >= 0.6 is 0 Å². The fourth-order valence-electron chi connectivity index (χ4n) is 1.81. The molecule has 114 valence electrons. The van der Waals surface area contributed by atoms with Gasteiger partial charge in [-0.05, 0) is 42.5 Å². The molecule has 0 aromatic heterocycles. The van der Waals surface area contributed by atoms with Gasteiger partial charge in [-0.1, -0.05) is 20.8 Å². The van der Waals surface area contributed by atoms with Crippen molar-refractivity contribution >= 4 is 17.5 Å². The van der Waals surface area contributed by atoms with Crippen LogP contribution in [-0.2, 0) is 4.79 Å². The molecule has 0 bridgehead atoms. The molecule has 5 heteroatoms. The molecule has 1 saturated carbocycles. The summed E-state index contributed by atoms with van der Waals surface area (Å²) < 4.78 is 0. The predicted octanol–water partition coefficient (Wildman–Crippen LogP) is 1.89. The molecule has 1 aromatic rings. The van der Waals surface area contributed by atoms with Gasteiger partial charge in [0.15, 0.2) is 0 Å². The number of carbonyl (C=O) groups is 2. The SMILES string of the molecule is CC(C)(C)C(N)C(=O)Nc1ccc(C(=O)NC2CC2)cc1. The maximum atomic E-state index is 12.0. The highest BCUT2D eigenvalue weighted by atomic mass is 16.2. The second kappa shape index (κ2) is 5.85. The van der Waals surface area contributed by atoms with Gasteiger partial charge < -0.3 is 16.4 Å². The topological polar surface area (TPSA) is 84.2 Å². The van der Waals surface area contributed by atoms with Crippen molar-refractivity contribution in [2.75, 3.05) is 5.32 Å². The number of carbonyl (C=O) groups excluding carboxylic acids is 2. The summed E-state index contributed by atoms with van der Waals surface area (Å²) in [5, 5.41) is 5.69. The van der Waals surface area contributed by atoms with Crippen LogP contribution in [0.5, 0.6) is 0 Å². The van der Waals surface area contributed by atoms with Crippen LogP contribution in [0.15, 0.2) is 24.3 Å². The molecule has 21 heavy (non-hydrogen) atoms. The Morgan fingerprint density at radius 1 is 1.19 bits per heavy atom. The van der Waals surface area contributed by atoms with Gasteiger partial charge in [0.2, 0.25) is 5.91 Å². The second-order valence-electron chi connectivity index (χ2n) is 6.66. The first-order valence-corrected chi connectivity index (χ1v) is 7.25. The van der Waals surface area contributed by atoms with Crippen LogP contribution in [0.3, 0.4) is 0 Å². The fourth-order valence-corrected chi connectivity index (χ4v) is 1.81. The van der Waals surface area contributed by atoms with E-state index < -0.39 is 6.04 Å². The average molecular weight is 289 g/mol. The zero-order valence-corrected chi connectivity index (χ0v) is 12.8. The Balaban J connectivity index is 1.95. The maximum Gasteiger partial charge on any atom is 0.251 e. The number of anilines is 1. The molecule has 2 amide bonds. The van der Waals surface area contributed by atoms with Gasteiger partial charge in [-0.15, -0.1) is 0 Å². The van der Waals surface area contributed by atoms with Crippen LogP contribution < -0.4 is 16.4 Å². The number of benzene rings is 1. The first-order valence-electron chi connectivity index (χ1n) is 7.25. The highest BCUT2D eigenvalue weighted by Gasteiger charge is 2.27. The lowest BCUT2D eigenvalue weighted by molar-refractivity contribution is -0.119. The van der Waals surface area contributed by atoms with Crippen molar-refractivity contribution in [1.29, 1.82) is 0 Å². The summed E-state index contributed by atoms with van der Waals surface area (Å²) in [7, 11) is 0. The largest absolute Gasteiger partial charge is 0.349 e. The van der Waals surface area contributed by atoms with Crippen molar-refractivity contribution < 1.29 is 9.59 Å². The monoisotopic (exact) mass is 289 g/mol. The molecule has 1 aromatic carbocycles. The quantitative estimate of drug-likeness (QED) is 0.791. The number of nitrogens with two attached hydrogens (primary N) is 1. The van der Waals surface area contributed by atoms with E-state index in [4.69, 9.17) is 5.73 Å². The molecular formula is C16H23N3O2. The molecule has 1 aliphatic carbocycles. The van der Waals surface area contributed by atoms with Crippen LogP contribution in [0.25, 0.3) is 0 Å². The van der Waals surface area contributed by atoms with Gasteiger partial charge in [-0.25, -0.2) is 0 Å². The Bertz CT molecular complexity index is 527. The highest BCUT2D eigenvalue weighted by molar-refractivity contribution is 5.97. The molecule has 1 aliphatic rings. The lowest BCUT2D eigenvalue weighted by atomic mass is 9.87. The second-order valence-corrected chi connectivity index (χ2v) is 6.66. The van der Waals surface area contributed by atoms with E-state index in [1.165, 1.54) is 0 Å². The zero-order valence-electron chi connectivity index (χ0n) is 12.8. The third-order valence-electron chi connectivity index (χ3n) is 3.54. The highest BCUT2D eigenvalue weighted by Crippen LogP contribution is 2.21. The van der Waals surface area contributed by atoms with Crippen LogP contribution in [-0.4, -0.2) is 23.9 Å². The molecule has 5 nitrogen and oxygen atoms in total. The van der Waals surface area contributed by atoms with Crippen molar-refractivity contribution in [3.8, 4) is 0 Å². The van der Waals surface area contributed by atoms with Gasteiger partial charge in [0.25, 0.3) is 5.91 Å².